The Morgan fingerprint density at radius 1 is 1.08 bits per heavy atom. The number of piperidine rings is 1. The average molecular weight is 327 g/mol. The number of aryl methyl sites for hydroxylation is 1. The van der Waals surface area contributed by atoms with Crippen molar-refractivity contribution in [2.24, 2.45) is 5.92 Å². The number of likely N-dealkylation sites (tertiary alicyclic amines) is 1. The maximum absolute atomic E-state index is 4.47. The summed E-state index contributed by atoms with van der Waals surface area (Å²) in [5.74, 6) is 1.64. The van der Waals surface area contributed by atoms with Crippen LogP contribution in [0.15, 0.2) is 30.3 Å². The van der Waals surface area contributed by atoms with Crippen LogP contribution in [-0.2, 0) is 6.54 Å². The lowest BCUT2D eigenvalue weighted by molar-refractivity contribution is 0.168. The highest BCUT2D eigenvalue weighted by Gasteiger charge is 2.17. The van der Waals surface area contributed by atoms with Gasteiger partial charge in [0.15, 0.2) is 0 Å². The molecule has 1 aliphatic heterocycles. The minimum Gasteiger partial charge on any atom is -0.303 e. The Bertz CT molecular complexity index is 595. The van der Waals surface area contributed by atoms with E-state index in [4.69, 9.17) is 0 Å². The van der Waals surface area contributed by atoms with Gasteiger partial charge in [-0.1, -0.05) is 50.1 Å². The molecule has 1 atom stereocenters. The van der Waals surface area contributed by atoms with Crippen molar-refractivity contribution in [3.8, 4) is 11.4 Å². The van der Waals surface area contributed by atoms with Gasteiger partial charge < -0.3 is 4.90 Å². The highest BCUT2D eigenvalue weighted by atomic mass is 15.6. The number of nitrogens with zero attached hydrogens (tertiary/aromatic N) is 5. The molecule has 0 saturated carbocycles. The van der Waals surface area contributed by atoms with Crippen LogP contribution in [0.3, 0.4) is 0 Å². The maximum atomic E-state index is 4.47. The third-order valence-corrected chi connectivity index (χ3v) is 5.00. The third-order valence-electron chi connectivity index (χ3n) is 5.00. The van der Waals surface area contributed by atoms with Crippen LogP contribution >= 0.6 is 0 Å². The molecule has 2 aromatic rings. The molecule has 1 aliphatic rings. The van der Waals surface area contributed by atoms with Crippen LogP contribution in [0.1, 0.15) is 45.4 Å². The second-order valence-corrected chi connectivity index (χ2v) is 6.85. The molecule has 0 aliphatic carbocycles. The summed E-state index contributed by atoms with van der Waals surface area (Å²) in [7, 11) is 0. The summed E-state index contributed by atoms with van der Waals surface area (Å²) in [5, 5.41) is 12.8. The molecule has 3 rings (SSSR count). The van der Waals surface area contributed by atoms with E-state index >= 15 is 0 Å². The number of tetrazole rings is 1. The molecule has 130 valence electrons. The summed E-state index contributed by atoms with van der Waals surface area (Å²) < 4.78 is 0. The van der Waals surface area contributed by atoms with Crippen LogP contribution in [0, 0.1) is 5.92 Å². The third kappa shape index (κ3) is 4.87. The van der Waals surface area contributed by atoms with Crippen LogP contribution in [0.2, 0.25) is 0 Å². The highest BCUT2D eigenvalue weighted by molar-refractivity contribution is 5.52. The van der Waals surface area contributed by atoms with Gasteiger partial charge in [-0.05, 0) is 49.9 Å². The lowest BCUT2D eigenvalue weighted by Gasteiger charge is -2.32. The second kappa shape index (κ2) is 8.92. The summed E-state index contributed by atoms with van der Waals surface area (Å²) in [6.07, 6.45) is 7.76. The van der Waals surface area contributed by atoms with E-state index in [0.29, 0.717) is 0 Å². The molecule has 0 radical (unpaired) electrons. The molecule has 0 spiro atoms. The van der Waals surface area contributed by atoms with E-state index in [9.17, 15) is 0 Å². The molecule has 24 heavy (non-hydrogen) atoms. The lowest BCUT2D eigenvalue weighted by Crippen LogP contribution is -2.35. The van der Waals surface area contributed by atoms with E-state index in [-0.39, 0.29) is 0 Å². The first-order chi connectivity index (χ1) is 11.8. The molecule has 2 heterocycles. The highest BCUT2D eigenvalue weighted by Crippen LogP contribution is 2.19. The summed E-state index contributed by atoms with van der Waals surface area (Å²) in [6.45, 7) is 7.03. The fraction of sp³-hybridized carbons (Fsp3) is 0.632. The molecule has 1 aromatic carbocycles. The fourth-order valence-electron chi connectivity index (χ4n) is 3.49. The van der Waals surface area contributed by atoms with Gasteiger partial charge in [-0.15, -0.1) is 10.2 Å². The predicted molar refractivity (Wildman–Crippen MR) is 96.6 cm³/mol. The number of unbranched alkanes of at least 4 members (excludes halogenated alkanes) is 2. The quantitative estimate of drug-likeness (QED) is 0.695. The summed E-state index contributed by atoms with van der Waals surface area (Å²) in [6, 6.07) is 10.0. The van der Waals surface area contributed by atoms with Crippen LogP contribution in [0.25, 0.3) is 11.4 Å². The van der Waals surface area contributed by atoms with Gasteiger partial charge in [-0.25, -0.2) is 0 Å². The Morgan fingerprint density at radius 2 is 1.92 bits per heavy atom. The van der Waals surface area contributed by atoms with Gasteiger partial charge in [0.05, 0.1) is 6.54 Å². The zero-order valence-corrected chi connectivity index (χ0v) is 14.8. The fourth-order valence-corrected chi connectivity index (χ4v) is 3.49. The largest absolute Gasteiger partial charge is 0.303 e. The van der Waals surface area contributed by atoms with E-state index < -0.39 is 0 Å². The summed E-state index contributed by atoms with van der Waals surface area (Å²) in [4.78, 5) is 4.38. The van der Waals surface area contributed by atoms with E-state index in [1.165, 1.54) is 51.7 Å². The van der Waals surface area contributed by atoms with Gasteiger partial charge in [-0.2, -0.15) is 4.80 Å². The average Bonchev–Trinajstić information content (AvgIpc) is 3.11. The van der Waals surface area contributed by atoms with Crippen molar-refractivity contribution in [3.05, 3.63) is 30.3 Å². The molecule has 0 amide bonds. The van der Waals surface area contributed by atoms with Gasteiger partial charge >= 0.3 is 0 Å². The maximum Gasteiger partial charge on any atom is 0.204 e. The summed E-state index contributed by atoms with van der Waals surface area (Å²) in [5.41, 5.74) is 1.03. The van der Waals surface area contributed by atoms with Gasteiger partial charge in [-0.3, -0.25) is 0 Å². The predicted octanol–water partition coefficient (Wildman–Crippen LogP) is 3.63. The SMILES string of the molecule is CCC1CCCN(CCCCCn2nnc(-c3ccccc3)n2)C1. The van der Waals surface area contributed by atoms with Crippen molar-refractivity contribution >= 4 is 0 Å². The monoisotopic (exact) mass is 327 g/mol. The van der Waals surface area contributed by atoms with E-state index in [0.717, 1.165) is 30.3 Å². The summed E-state index contributed by atoms with van der Waals surface area (Å²) >= 11 is 0. The van der Waals surface area contributed by atoms with E-state index in [1.54, 1.807) is 4.80 Å². The zero-order chi connectivity index (χ0) is 16.6. The number of aromatic nitrogens is 4. The molecule has 5 heteroatoms. The van der Waals surface area contributed by atoms with Crippen molar-refractivity contribution < 1.29 is 0 Å². The molecular formula is C19H29N5. The van der Waals surface area contributed by atoms with Crippen molar-refractivity contribution in [3.63, 3.8) is 0 Å². The van der Waals surface area contributed by atoms with Crippen molar-refractivity contribution in [2.75, 3.05) is 19.6 Å². The Labute approximate surface area is 145 Å². The first kappa shape index (κ1) is 17.1. The minimum atomic E-state index is 0.717. The molecule has 1 saturated heterocycles. The minimum absolute atomic E-state index is 0.717. The topological polar surface area (TPSA) is 46.8 Å². The molecular weight excluding hydrogens is 298 g/mol. The standard InChI is InChI=1S/C19H29N5/c1-2-17-10-9-14-23(16-17)13-7-4-8-15-24-21-19(20-22-24)18-11-5-3-6-12-18/h3,5-6,11-12,17H,2,4,7-10,13-16H2,1H3. The second-order valence-electron chi connectivity index (χ2n) is 6.85. The molecule has 0 bridgehead atoms. The van der Waals surface area contributed by atoms with Gasteiger partial charge in [0.1, 0.15) is 0 Å². The molecule has 0 N–H and O–H groups in total. The Kier molecular flexibility index (Phi) is 6.35. The first-order valence-electron chi connectivity index (χ1n) is 9.40. The van der Waals surface area contributed by atoms with Crippen LogP contribution < -0.4 is 0 Å². The Balaban J connectivity index is 1.34. The Morgan fingerprint density at radius 3 is 2.75 bits per heavy atom. The normalized spacial score (nSPS) is 18.8. The number of hydrogen-bond donors (Lipinski definition) is 0. The lowest BCUT2D eigenvalue weighted by atomic mass is 9.95. The van der Waals surface area contributed by atoms with Gasteiger partial charge in [0.25, 0.3) is 0 Å². The van der Waals surface area contributed by atoms with Crippen LogP contribution in [-0.4, -0.2) is 44.7 Å². The van der Waals surface area contributed by atoms with Crippen molar-refractivity contribution in [1.29, 1.82) is 0 Å². The van der Waals surface area contributed by atoms with E-state index in [1.807, 2.05) is 30.3 Å². The molecule has 1 aromatic heterocycles. The zero-order valence-electron chi connectivity index (χ0n) is 14.8. The van der Waals surface area contributed by atoms with E-state index in [2.05, 4.69) is 27.2 Å². The van der Waals surface area contributed by atoms with Crippen molar-refractivity contribution in [2.45, 2.75) is 52.0 Å². The first-order valence-corrected chi connectivity index (χ1v) is 9.40. The van der Waals surface area contributed by atoms with Crippen LogP contribution in [0.4, 0.5) is 0 Å². The number of rotatable bonds is 8. The number of hydrogen-bond acceptors (Lipinski definition) is 4. The molecule has 5 nitrogen and oxygen atoms in total. The van der Waals surface area contributed by atoms with Crippen molar-refractivity contribution in [1.82, 2.24) is 25.1 Å². The Hall–Kier alpha value is -1.75. The van der Waals surface area contributed by atoms with Gasteiger partial charge in [0, 0.05) is 12.1 Å². The van der Waals surface area contributed by atoms with Crippen LogP contribution in [0.5, 0.6) is 0 Å². The smallest absolute Gasteiger partial charge is 0.204 e. The molecule has 1 unspecified atom stereocenters. The number of benzene rings is 1. The molecule has 1 fully saturated rings. The van der Waals surface area contributed by atoms with Gasteiger partial charge in [0.2, 0.25) is 5.82 Å².